The van der Waals surface area contributed by atoms with E-state index in [9.17, 15) is 0 Å². The second-order valence-corrected chi connectivity index (χ2v) is 6.01. The fraction of sp³-hybridized carbons (Fsp3) is 0.625. The summed E-state index contributed by atoms with van der Waals surface area (Å²) in [6, 6.07) is 6.85. The molecule has 1 aromatic carbocycles. The molecule has 1 aliphatic rings. The first kappa shape index (κ1) is 13.6. The molecule has 2 nitrogen and oxygen atoms in total. The molecule has 0 atom stereocenters. The highest BCUT2D eigenvalue weighted by Gasteiger charge is 2.27. The van der Waals surface area contributed by atoms with Gasteiger partial charge < -0.3 is 5.32 Å². The van der Waals surface area contributed by atoms with Crippen LogP contribution in [-0.2, 0) is 6.54 Å². The summed E-state index contributed by atoms with van der Waals surface area (Å²) in [4.78, 5) is 2.57. The van der Waals surface area contributed by atoms with E-state index in [0.717, 1.165) is 6.54 Å². The molecule has 18 heavy (non-hydrogen) atoms. The van der Waals surface area contributed by atoms with E-state index in [0.29, 0.717) is 5.54 Å². The van der Waals surface area contributed by atoms with Gasteiger partial charge in [-0.15, -0.1) is 0 Å². The van der Waals surface area contributed by atoms with Crippen LogP contribution in [0.3, 0.4) is 0 Å². The van der Waals surface area contributed by atoms with Crippen LogP contribution in [0, 0.1) is 13.8 Å². The van der Waals surface area contributed by atoms with Crippen molar-refractivity contribution in [2.24, 2.45) is 0 Å². The van der Waals surface area contributed by atoms with Crippen LogP contribution in [0.5, 0.6) is 0 Å². The number of nitrogens with zero attached hydrogens (tertiary/aromatic N) is 1. The van der Waals surface area contributed by atoms with Crippen molar-refractivity contribution in [3.05, 3.63) is 34.9 Å². The predicted octanol–water partition coefficient (Wildman–Crippen LogP) is 2.88. The largest absolute Gasteiger partial charge is 0.314 e. The molecule has 1 heterocycles. The molecule has 0 spiro atoms. The van der Waals surface area contributed by atoms with Crippen LogP contribution in [0.15, 0.2) is 18.2 Å². The van der Waals surface area contributed by atoms with Gasteiger partial charge in [0.05, 0.1) is 0 Å². The fourth-order valence-corrected chi connectivity index (χ4v) is 2.61. The van der Waals surface area contributed by atoms with E-state index in [2.05, 4.69) is 56.2 Å². The van der Waals surface area contributed by atoms with Crippen LogP contribution in [0.2, 0.25) is 0 Å². The Kier molecular flexibility index (Phi) is 4.08. The third kappa shape index (κ3) is 3.12. The van der Waals surface area contributed by atoms with Crippen LogP contribution >= 0.6 is 0 Å². The predicted molar refractivity (Wildman–Crippen MR) is 77.9 cm³/mol. The molecule has 1 aliphatic heterocycles. The fourth-order valence-electron chi connectivity index (χ4n) is 2.61. The van der Waals surface area contributed by atoms with Gasteiger partial charge in [0.2, 0.25) is 0 Å². The minimum absolute atomic E-state index is 0.347. The second kappa shape index (κ2) is 5.41. The molecule has 0 aromatic heterocycles. The normalized spacial score (nSPS) is 20.0. The summed E-state index contributed by atoms with van der Waals surface area (Å²) in [5, 5.41) is 3.45. The van der Waals surface area contributed by atoms with Crippen LogP contribution in [-0.4, -0.2) is 30.6 Å². The van der Waals surface area contributed by atoms with Crippen molar-refractivity contribution < 1.29 is 0 Å². The lowest BCUT2D eigenvalue weighted by Crippen LogP contribution is -2.49. The quantitative estimate of drug-likeness (QED) is 0.882. The Hall–Kier alpha value is -0.860. The molecular weight excluding hydrogens is 220 g/mol. The smallest absolute Gasteiger partial charge is 0.0233 e. The second-order valence-electron chi connectivity index (χ2n) is 6.01. The van der Waals surface area contributed by atoms with E-state index >= 15 is 0 Å². The molecule has 1 aromatic rings. The molecule has 0 amide bonds. The van der Waals surface area contributed by atoms with Crippen LogP contribution in [0.1, 0.15) is 36.5 Å². The van der Waals surface area contributed by atoms with Crippen molar-refractivity contribution in [1.29, 1.82) is 0 Å². The van der Waals surface area contributed by atoms with Crippen LogP contribution < -0.4 is 5.32 Å². The van der Waals surface area contributed by atoms with E-state index in [1.807, 2.05) is 0 Å². The van der Waals surface area contributed by atoms with E-state index in [1.54, 1.807) is 0 Å². The topological polar surface area (TPSA) is 15.3 Å². The highest BCUT2D eigenvalue weighted by atomic mass is 15.1. The number of nitrogens with one attached hydrogen (secondary N) is 1. The third-order valence-corrected chi connectivity index (χ3v) is 4.54. The number of benzene rings is 1. The Labute approximate surface area is 111 Å². The number of hydrogen-bond acceptors (Lipinski definition) is 2. The van der Waals surface area contributed by atoms with E-state index in [1.165, 1.54) is 42.6 Å². The van der Waals surface area contributed by atoms with Crippen molar-refractivity contribution in [2.75, 3.05) is 20.1 Å². The summed E-state index contributed by atoms with van der Waals surface area (Å²) < 4.78 is 0. The van der Waals surface area contributed by atoms with Gasteiger partial charge in [0.25, 0.3) is 0 Å². The molecule has 0 bridgehead atoms. The van der Waals surface area contributed by atoms with Gasteiger partial charge in [-0.25, -0.2) is 0 Å². The summed E-state index contributed by atoms with van der Waals surface area (Å²) in [6.07, 6.45) is 2.49. The Bertz CT molecular complexity index is 404. The molecule has 0 aliphatic carbocycles. The van der Waals surface area contributed by atoms with Gasteiger partial charge in [0.15, 0.2) is 0 Å². The molecular formula is C16H26N2. The summed E-state index contributed by atoms with van der Waals surface area (Å²) in [6.45, 7) is 10.2. The average molecular weight is 246 g/mol. The highest BCUT2D eigenvalue weighted by molar-refractivity contribution is 5.29. The molecule has 0 unspecified atom stereocenters. The highest BCUT2D eigenvalue weighted by Crippen LogP contribution is 2.22. The molecule has 1 N–H and O–H groups in total. The number of hydrogen-bond donors (Lipinski definition) is 1. The van der Waals surface area contributed by atoms with Gasteiger partial charge in [-0.3, -0.25) is 4.90 Å². The maximum Gasteiger partial charge on any atom is 0.0233 e. The first-order valence-corrected chi connectivity index (χ1v) is 7.00. The Morgan fingerprint density at radius 2 is 1.83 bits per heavy atom. The molecule has 1 fully saturated rings. The van der Waals surface area contributed by atoms with Gasteiger partial charge in [-0.05, 0) is 57.4 Å². The van der Waals surface area contributed by atoms with Gasteiger partial charge in [-0.1, -0.05) is 18.2 Å². The molecule has 0 radical (unpaired) electrons. The third-order valence-electron chi connectivity index (χ3n) is 4.54. The summed E-state index contributed by atoms with van der Waals surface area (Å²) in [5.74, 6) is 0. The molecule has 2 heteroatoms. The number of piperidine rings is 1. The van der Waals surface area contributed by atoms with Crippen molar-refractivity contribution in [1.82, 2.24) is 10.2 Å². The first-order valence-electron chi connectivity index (χ1n) is 7.00. The molecule has 100 valence electrons. The molecule has 2 rings (SSSR count). The van der Waals surface area contributed by atoms with Crippen LogP contribution in [0.25, 0.3) is 0 Å². The van der Waals surface area contributed by atoms with Crippen molar-refractivity contribution in [3.8, 4) is 0 Å². The SMILES string of the molecule is CNC1(C)CCN(Cc2ccc(C)c(C)c2)CC1. The molecule has 1 saturated heterocycles. The maximum atomic E-state index is 3.45. The Morgan fingerprint density at radius 3 is 2.39 bits per heavy atom. The standard InChI is InChI=1S/C16H26N2/c1-13-5-6-15(11-14(13)2)12-18-9-7-16(3,17-4)8-10-18/h5-6,11,17H,7-10,12H2,1-4H3. The zero-order valence-corrected chi connectivity index (χ0v) is 12.2. The minimum atomic E-state index is 0.347. The van der Waals surface area contributed by atoms with Gasteiger partial charge in [0.1, 0.15) is 0 Å². The Balaban J connectivity index is 1.93. The monoisotopic (exact) mass is 246 g/mol. The van der Waals surface area contributed by atoms with Gasteiger partial charge in [-0.2, -0.15) is 0 Å². The summed E-state index contributed by atoms with van der Waals surface area (Å²) >= 11 is 0. The lowest BCUT2D eigenvalue weighted by atomic mass is 9.89. The lowest BCUT2D eigenvalue weighted by Gasteiger charge is -2.39. The van der Waals surface area contributed by atoms with Gasteiger partial charge >= 0.3 is 0 Å². The first-order chi connectivity index (χ1) is 8.52. The van der Waals surface area contributed by atoms with E-state index < -0.39 is 0 Å². The zero-order chi connectivity index (χ0) is 13.2. The van der Waals surface area contributed by atoms with Gasteiger partial charge in [0, 0.05) is 25.2 Å². The lowest BCUT2D eigenvalue weighted by molar-refractivity contribution is 0.146. The number of rotatable bonds is 3. The zero-order valence-electron chi connectivity index (χ0n) is 12.2. The minimum Gasteiger partial charge on any atom is -0.314 e. The van der Waals surface area contributed by atoms with Crippen LogP contribution in [0.4, 0.5) is 0 Å². The van der Waals surface area contributed by atoms with E-state index in [4.69, 9.17) is 0 Å². The van der Waals surface area contributed by atoms with Crippen molar-refractivity contribution in [2.45, 2.75) is 45.7 Å². The summed E-state index contributed by atoms with van der Waals surface area (Å²) in [7, 11) is 2.08. The van der Waals surface area contributed by atoms with Crippen molar-refractivity contribution >= 4 is 0 Å². The number of likely N-dealkylation sites (tertiary alicyclic amines) is 1. The number of aryl methyl sites for hydroxylation is 2. The summed E-state index contributed by atoms with van der Waals surface area (Å²) in [5.41, 5.74) is 4.59. The Morgan fingerprint density at radius 1 is 1.17 bits per heavy atom. The average Bonchev–Trinajstić information content (AvgIpc) is 2.37. The van der Waals surface area contributed by atoms with E-state index in [-0.39, 0.29) is 0 Å². The molecule has 0 saturated carbocycles. The van der Waals surface area contributed by atoms with Crippen molar-refractivity contribution in [3.63, 3.8) is 0 Å². The maximum absolute atomic E-state index is 3.45.